The minimum absolute atomic E-state index is 0.0355. The second-order valence-corrected chi connectivity index (χ2v) is 15.5. The van der Waals surface area contributed by atoms with Gasteiger partial charge in [0.15, 0.2) is 7.14 Å². The highest BCUT2D eigenvalue weighted by atomic mass is 31.2. The van der Waals surface area contributed by atoms with Crippen LogP contribution in [0.25, 0.3) is 44.3 Å². The van der Waals surface area contributed by atoms with Crippen LogP contribution in [0.15, 0.2) is 188 Å². The maximum Gasteiger partial charge on any atom is 0.171 e. The Bertz CT molecular complexity index is 2540. The molecule has 0 saturated heterocycles. The second-order valence-electron chi connectivity index (χ2n) is 12.7. The third kappa shape index (κ3) is 5.05. The Morgan fingerprint density at radius 2 is 1.06 bits per heavy atom. The summed E-state index contributed by atoms with van der Waals surface area (Å²) in [6, 6.07) is 63.1. The molecule has 1 aromatic heterocycles. The van der Waals surface area contributed by atoms with E-state index in [1.807, 2.05) is 66.9 Å². The first-order chi connectivity index (χ1) is 24.2. The van der Waals surface area contributed by atoms with E-state index in [0.717, 1.165) is 43.5 Å². The van der Waals surface area contributed by atoms with Gasteiger partial charge in [-0.2, -0.15) is 0 Å². The molecule has 0 radical (unpaired) electrons. The molecular weight excluding hydrogens is 613 g/mol. The summed E-state index contributed by atoms with van der Waals surface area (Å²) in [7, 11) is -3.28. The zero-order chi connectivity index (χ0) is 32.8. The SMILES string of the molecule is O=P(c1ccccc1)(c1cccc(-c2cc3ccccc3cn2)c1)c1cccc(C2c3ccccc3-c3cc(-c4ccccc4)ccc32)c1. The van der Waals surface area contributed by atoms with Crippen molar-refractivity contribution in [1.29, 1.82) is 0 Å². The lowest BCUT2D eigenvalue weighted by molar-refractivity contribution is 0.592. The van der Waals surface area contributed by atoms with Crippen LogP contribution in [0.1, 0.15) is 22.6 Å². The van der Waals surface area contributed by atoms with Gasteiger partial charge < -0.3 is 4.57 Å². The van der Waals surface area contributed by atoms with Crippen molar-refractivity contribution in [3.63, 3.8) is 0 Å². The molecule has 0 amide bonds. The number of rotatable bonds is 6. The van der Waals surface area contributed by atoms with Gasteiger partial charge in [-0.15, -0.1) is 0 Å². The Hall–Kier alpha value is -5.82. The monoisotopic (exact) mass is 645 g/mol. The van der Waals surface area contributed by atoms with Gasteiger partial charge in [-0.25, -0.2) is 0 Å². The van der Waals surface area contributed by atoms with Gasteiger partial charge >= 0.3 is 0 Å². The van der Waals surface area contributed by atoms with Crippen LogP contribution in [0.2, 0.25) is 0 Å². The van der Waals surface area contributed by atoms with Crippen LogP contribution in [-0.4, -0.2) is 4.98 Å². The Balaban J connectivity index is 1.18. The van der Waals surface area contributed by atoms with E-state index in [1.165, 1.54) is 33.4 Å². The maximum absolute atomic E-state index is 15.9. The molecule has 0 bridgehead atoms. The molecule has 0 saturated carbocycles. The molecule has 3 heteroatoms. The van der Waals surface area contributed by atoms with Gasteiger partial charge in [-0.05, 0) is 68.6 Å². The topological polar surface area (TPSA) is 30.0 Å². The number of pyridine rings is 1. The number of hydrogen-bond donors (Lipinski definition) is 0. The Labute approximate surface area is 286 Å². The number of fused-ring (bicyclic) bond motifs is 4. The Morgan fingerprint density at radius 1 is 0.429 bits per heavy atom. The molecule has 1 aliphatic rings. The predicted octanol–water partition coefficient (Wildman–Crippen LogP) is 10.4. The van der Waals surface area contributed by atoms with Gasteiger partial charge in [0.1, 0.15) is 0 Å². The molecule has 0 aliphatic heterocycles. The Morgan fingerprint density at radius 3 is 1.90 bits per heavy atom. The first-order valence-corrected chi connectivity index (χ1v) is 18.4. The molecule has 1 heterocycles. The molecule has 7 aromatic carbocycles. The summed E-state index contributed by atoms with van der Waals surface area (Å²) in [5, 5.41) is 4.66. The first kappa shape index (κ1) is 29.3. The van der Waals surface area contributed by atoms with Crippen LogP contribution in [0.4, 0.5) is 0 Å². The lowest BCUT2D eigenvalue weighted by atomic mass is 9.89. The van der Waals surface area contributed by atoms with Gasteiger partial charge in [0.05, 0.1) is 5.69 Å². The molecule has 9 rings (SSSR count). The number of hydrogen-bond acceptors (Lipinski definition) is 2. The summed E-state index contributed by atoms with van der Waals surface area (Å²) in [6.07, 6.45) is 1.91. The van der Waals surface area contributed by atoms with Crippen molar-refractivity contribution in [3.05, 3.63) is 205 Å². The van der Waals surface area contributed by atoms with Crippen molar-refractivity contribution in [3.8, 4) is 33.5 Å². The normalized spacial score (nSPS) is 14.6. The second kappa shape index (κ2) is 12.0. The molecule has 2 nitrogen and oxygen atoms in total. The summed E-state index contributed by atoms with van der Waals surface area (Å²) < 4.78 is 15.9. The zero-order valence-corrected chi connectivity index (χ0v) is 27.7. The maximum atomic E-state index is 15.9. The fraction of sp³-hybridized carbons (Fsp3) is 0.0217. The molecule has 49 heavy (non-hydrogen) atoms. The van der Waals surface area contributed by atoms with E-state index in [2.05, 4.69) is 121 Å². The number of nitrogens with zero attached hydrogens (tertiary/aromatic N) is 1. The highest BCUT2D eigenvalue weighted by Crippen LogP contribution is 2.50. The van der Waals surface area contributed by atoms with Gasteiger partial charge in [-0.1, -0.05) is 158 Å². The van der Waals surface area contributed by atoms with E-state index in [1.54, 1.807) is 0 Å². The van der Waals surface area contributed by atoms with E-state index in [4.69, 9.17) is 4.98 Å². The van der Waals surface area contributed by atoms with E-state index in [0.29, 0.717) is 0 Å². The summed E-state index contributed by atoms with van der Waals surface area (Å²) in [6.45, 7) is 0. The van der Waals surface area contributed by atoms with Crippen LogP contribution in [0.3, 0.4) is 0 Å². The van der Waals surface area contributed by atoms with Crippen molar-refractivity contribution in [2.45, 2.75) is 5.92 Å². The van der Waals surface area contributed by atoms with E-state index < -0.39 is 7.14 Å². The molecule has 1 aliphatic carbocycles. The largest absolute Gasteiger partial charge is 0.309 e. The third-order valence-corrected chi connectivity index (χ3v) is 12.9. The van der Waals surface area contributed by atoms with Crippen LogP contribution < -0.4 is 15.9 Å². The Kier molecular flexibility index (Phi) is 7.19. The molecule has 8 aromatic rings. The first-order valence-electron chi connectivity index (χ1n) is 16.7. The van der Waals surface area contributed by atoms with Crippen LogP contribution >= 0.6 is 7.14 Å². The number of aromatic nitrogens is 1. The fourth-order valence-electron chi connectivity index (χ4n) is 7.46. The van der Waals surface area contributed by atoms with Crippen LogP contribution in [0.5, 0.6) is 0 Å². The van der Waals surface area contributed by atoms with E-state index in [-0.39, 0.29) is 5.92 Å². The highest BCUT2D eigenvalue weighted by Gasteiger charge is 2.34. The lowest BCUT2D eigenvalue weighted by Gasteiger charge is -2.23. The zero-order valence-electron chi connectivity index (χ0n) is 26.8. The summed E-state index contributed by atoms with van der Waals surface area (Å²) in [5.41, 5.74) is 10.4. The quantitative estimate of drug-likeness (QED) is 0.169. The molecule has 0 spiro atoms. The number of benzene rings is 7. The van der Waals surface area contributed by atoms with Crippen LogP contribution in [0, 0.1) is 0 Å². The molecular formula is C46H32NOP. The summed E-state index contributed by atoms with van der Waals surface area (Å²) in [5.74, 6) is 0.0355. The minimum atomic E-state index is -3.28. The van der Waals surface area contributed by atoms with Crippen molar-refractivity contribution in [1.82, 2.24) is 4.98 Å². The molecule has 0 N–H and O–H groups in total. The van der Waals surface area contributed by atoms with Gasteiger partial charge in [0, 0.05) is 39.0 Å². The minimum Gasteiger partial charge on any atom is -0.309 e. The van der Waals surface area contributed by atoms with Gasteiger partial charge in [0.25, 0.3) is 0 Å². The highest BCUT2D eigenvalue weighted by molar-refractivity contribution is 7.85. The molecule has 232 valence electrons. The molecule has 0 fully saturated rings. The van der Waals surface area contributed by atoms with Crippen molar-refractivity contribution in [2.24, 2.45) is 0 Å². The fourth-order valence-corrected chi connectivity index (χ4v) is 10.2. The van der Waals surface area contributed by atoms with E-state index >= 15 is 4.57 Å². The van der Waals surface area contributed by atoms with Gasteiger partial charge in [0.2, 0.25) is 0 Å². The lowest BCUT2D eigenvalue weighted by Crippen LogP contribution is -2.25. The smallest absolute Gasteiger partial charge is 0.171 e. The van der Waals surface area contributed by atoms with Crippen molar-refractivity contribution < 1.29 is 4.57 Å². The van der Waals surface area contributed by atoms with Gasteiger partial charge in [-0.3, -0.25) is 4.98 Å². The molecule has 2 unspecified atom stereocenters. The molecule has 2 atom stereocenters. The summed E-state index contributed by atoms with van der Waals surface area (Å²) >= 11 is 0. The van der Waals surface area contributed by atoms with Crippen LogP contribution in [-0.2, 0) is 4.57 Å². The van der Waals surface area contributed by atoms with E-state index in [9.17, 15) is 0 Å². The average molecular weight is 646 g/mol. The van der Waals surface area contributed by atoms with Crippen molar-refractivity contribution >= 4 is 33.8 Å². The predicted molar refractivity (Wildman–Crippen MR) is 205 cm³/mol. The average Bonchev–Trinajstić information content (AvgIpc) is 3.52. The third-order valence-electron chi connectivity index (χ3n) is 9.86. The standard InChI is InChI=1S/C46H32NOP/c48-49(38-19-5-2-6-20-38,39-21-11-17-35(27-39)45-30-33-15-7-8-16-37(33)31-47-45)40-22-12-18-36(28-40)46-42-24-10-9-23-41(42)44-29-34(25-26-43(44)46)32-13-3-1-4-14-32/h1-31,46H. The van der Waals surface area contributed by atoms with Crippen molar-refractivity contribution in [2.75, 3.05) is 0 Å². The summed E-state index contributed by atoms with van der Waals surface area (Å²) in [4.78, 5) is 4.79.